The Morgan fingerprint density at radius 3 is 1.28 bits per heavy atom. The van der Waals surface area contributed by atoms with Gasteiger partial charge in [0.1, 0.15) is 0 Å². The predicted molar refractivity (Wildman–Crippen MR) is 166 cm³/mol. The van der Waals surface area contributed by atoms with Crippen LogP contribution in [0.1, 0.15) is 64.5 Å². The SMILES string of the molecule is CC(C)CC1=CC(c2ccccc2)=[C]([Zr]([CH3])([CH3])(=[SiH2])[C]2=C(c3ccccc3)C=C(CC(C)C)C2)C1.Cl.Cl. The molecule has 0 bridgehead atoms. The Bertz CT molecular complexity index is 1160. The zero-order valence-electron chi connectivity index (χ0n) is 22.9. The molecule has 194 valence electrons. The van der Waals surface area contributed by atoms with Crippen LogP contribution in [0.2, 0.25) is 9.26 Å². The van der Waals surface area contributed by atoms with Crippen LogP contribution in [0.4, 0.5) is 0 Å². The van der Waals surface area contributed by atoms with E-state index in [1.807, 2.05) is 0 Å². The van der Waals surface area contributed by atoms with Gasteiger partial charge in [0.05, 0.1) is 0 Å². The molecular formula is C32H44Cl2SiZr. The molecule has 0 fully saturated rings. The summed E-state index contributed by atoms with van der Waals surface area (Å²) in [6.45, 7) is 11.8. The summed E-state index contributed by atoms with van der Waals surface area (Å²) >= 11 is -3.48. The largest absolute Gasteiger partial charge is 0.147 e. The molecule has 0 spiro atoms. The zero-order chi connectivity index (χ0) is 24.5. The van der Waals surface area contributed by atoms with Crippen LogP contribution in [-0.2, 0) is 17.4 Å². The Balaban J connectivity index is 0.00000228. The van der Waals surface area contributed by atoms with Crippen LogP contribution < -0.4 is 0 Å². The number of allylic oxidation sites excluding steroid dienone is 8. The number of hydrogen-bond acceptors (Lipinski definition) is 0. The average Bonchev–Trinajstić information content (AvgIpc) is 3.40. The van der Waals surface area contributed by atoms with Gasteiger partial charge in [-0.15, -0.1) is 24.8 Å². The third kappa shape index (κ3) is 6.74. The van der Waals surface area contributed by atoms with Crippen molar-refractivity contribution in [1.29, 1.82) is 0 Å². The van der Waals surface area contributed by atoms with E-state index in [0.29, 0.717) is 11.8 Å². The summed E-state index contributed by atoms with van der Waals surface area (Å²) in [7, 11) is 0. The fourth-order valence-corrected chi connectivity index (χ4v) is 19.8. The van der Waals surface area contributed by atoms with Gasteiger partial charge in [-0.1, -0.05) is 0 Å². The van der Waals surface area contributed by atoms with E-state index in [9.17, 15) is 0 Å². The van der Waals surface area contributed by atoms with Crippen LogP contribution in [0.5, 0.6) is 0 Å². The van der Waals surface area contributed by atoms with Gasteiger partial charge in [0.15, 0.2) is 0 Å². The van der Waals surface area contributed by atoms with E-state index in [2.05, 4.69) is 117 Å². The Morgan fingerprint density at radius 2 is 0.972 bits per heavy atom. The van der Waals surface area contributed by atoms with Gasteiger partial charge in [0.2, 0.25) is 0 Å². The van der Waals surface area contributed by atoms with Gasteiger partial charge in [-0.3, -0.25) is 0 Å². The first-order chi connectivity index (χ1) is 16.0. The Morgan fingerprint density at radius 1 is 0.639 bits per heavy atom. The Hall–Kier alpha value is -0.920. The van der Waals surface area contributed by atoms with Gasteiger partial charge in [-0.25, -0.2) is 0 Å². The van der Waals surface area contributed by atoms with E-state index in [1.54, 1.807) is 28.9 Å². The van der Waals surface area contributed by atoms with Crippen LogP contribution in [0.25, 0.3) is 11.1 Å². The van der Waals surface area contributed by atoms with Gasteiger partial charge in [-0.05, 0) is 0 Å². The summed E-state index contributed by atoms with van der Waals surface area (Å²) in [4.78, 5) is 0. The smallest absolute Gasteiger partial charge is 0.147 e. The van der Waals surface area contributed by atoms with E-state index in [0.717, 1.165) is 0 Å². The van der Waals surface area contributed by atoms with E-state index in [1.165, 1.54) is 36.8 Å². The summed E-state index contributed by atoms with van der Waals surface area (Å²) in [5.74, 6) is 1.39. The molecule has 2 aromatic carbocycles. The molecule has 0 heterocycles. The van der Waals surface area contributed by atoms with Crippen molar-refractivity contribution in [1.82, 2.24) is 0 Å². The maximum atomic E-state index is 2.72. The molecule has 0 unspecified atom stereocenters. The van der Waals surface area contributed by atoms with Gasteiger partial charge in [0, 0.05) is 0 Å². The van der Waals surface area contributed by atoms with E-state index < -0.39 is 17.4 Å². The molecule has 4 heteroatoms. The molecule has 4 rings (SSSR count). The number of halogens is 2. The first kappa shape index (κ1) is 31.3. The summed E-state index contributed by atoms with van der Waals surface area (Å²) in [6, 6.07) is 22.4. The summed E-state index contributed by atoms with van der Waals surface area (Å²) in [5, 5.41) is 0. The summed E-state index contributed by atoms with van der Waals surface area (Å²) in [5.41, 5.74) is 9.16. The van der Waals surface area contributed by atoms with Crippen LogP contribution in [0.3, 0.4) is 0 Å². The van der Waals surface area contributed by atoms with Crippen molar-refractivity contribution < 1.29 is 17.4 Å². The third-order valence-corrected chi connectivity index (χ3v) is 24.4. The maximum Gasteiger partial charge on any atom is -0.147 e. The average molecular weight is 619 g/mol. The first-order valence-corrected chi connectivity index (χ1v) is 26.4. The molecule has 0 amide bonds. The van der Waals surface area contributed by atoms with E-state index in [4.69, 9.17) is 0 Å². The third-order valence-electron chi connectivity index (χ3n) is 7.60. The second kappa shape index (κ2) is 12.3. The van der Waals surface area contributed by atoms with Crippen LogP contribution >= 0.6 is 24.8 Å². The van der Waals surface area contributed by atoms with Crippen LogP contribution in [0.15, 0.2) is 90.5 Å². The van der Waals surface area contributed by atoms with Crippen molar-refractivity contribution in [2.24, 2.45) is 11.8 Å². The Kier molecular flexibility index (Phi) is 10.7. The molecule has 0 nitrogen and oxygen atoms in total. The molecule has 0 saturated heterocycles. The topological polar surface area (TPSA) is 0 Å². The van der Waals surface area contributed by atoms with Gasteiger partial charge < -0.3 is 0 Å². The second-order valence-corrected chi connectivity index (χ2v) is 41.1. The summed E-state index contributed by atoms with van der Waals surface area (Å²) in [6.07, 6.45) is 9.90. The van der Waals surface area contributed by atoms with Crippen molar-refractivity contribution in [2.45, 2.75) is 62.6 Å². The Labute approximate surface area is 234 Å². The monoisotopic (exact) mass is 616 g/mol. The van der Waals surface area contributed by atoms with Crippen molar-refractivity contribution in [3.05, 3.63) is 102 Å². The first-order valence-electron chi connectivity index (χ1n) is 13.1. The fraction of sp³-hybridized carbons (Fsp3) is 0.375. The molecule has 2 aliphatic carbocycles. The van der Waals surface area contributed by atoms with Crippen molar-refractivity contribution in [3.63, 3.8) is 0 Å². The molecular weight excluding hydrogens is 575 g/mol. The minimum atomic E-state index is -3.48. The van der Waals surface area contributed by atoms with E-state index >= 15 is 0 Å². The molecule has 0 atom stereocenters. The molecule has 0 N–H and O–H groups in total. The number of rotatable bonds is 8. The molecule has 36 heavy (non-hydrogen) atoms. The quantitative estimate of drug-likeness (QED) is 0.258. The molecule has 0 saturated carbocycles. The molecule has 0 radical (unpaired) electrons. The predicted octanol–water partition coefficient (Wildman–Crippen LogP) is 9.74. The second-order valence-electron chi connectivity index (χ2n) is 12.4. The number of benzene rings is 2. The van der Waals surface area contributed by atoms with Gasteiger partial charge in [-0.2, -0.15) is 0 Å². The summed E-state index contributed by atoms with van der Waals surface area (Å²) < 4.78 is 9.03. The van der Waals surface area contributed by atoms with E-state index in [-0.39, 0.29) is 24.8 Å². The zero-order valence-corrected chi connectivity index (χ0v) is 28.4. The minimum Gasteiger partial charge on any atom is -0.147 e. The molecule has 2 aliphatic rings. The van der Waals surface area contributed by atoms with Crippen molar-refractivity contribution >= 4 is 42.8 Å². The minimum absolute atomic E-state index is 0. The normalized spacial score (nSPS) is 16.2. The maximum absolute atomic E-state index is 3.48. The van der Waals surface area contributed by atoms with Crippen LogP contribution in [-0.4, -0.2) is 6.88 Å². The van der Waals surface area contributed by atoms with Crippen molar-refractivity contribution in [3.8, 4) is 0 Å². The molecule has 0 aromatic heterocycles. The standard InChI is InChI=1S/2C15H17.2CH3.2ClH.H2Si.Zr/c2*1-12(2)10-13-8-9-15(11-13)14-6-4-3-5-7-14;;;;;;/h2*3-7,11-12H,8,10H2,1-2H3;2*1H3;2*1H;1H2;. The van der Waals surface area contributed by atoms with Crippen LogP contribution in [0, 0.1) is 11.8 Å². The number of hydrogen-bond donors (Lipinski definition) is 0. The van der Waals surface area contributed by atoms with Crippen molar-refractivity contribution in [2.75, 3.05) is 0 Å². The molecule has 2 aromatic rings. The van der Waals surface area contributed by atoms with Gasteiger partial charge >= 0.3 is 212 Å². The fourth-order valence-electron chi connectivity index (χ4n) is 6.00. The van der Waals surface area contributed by atoms with Gasteiger partial charge in [0.25, 0.3) is 0 Å². The molecule has 0 aliphatic heterocycles.